The van der Waals surface area contributed by atoms with Crippen molar-refractivity contribution in [3.8, 4) is 0 Å². The largest absolute Gasteiger partial charge is 0.467 e. The molecule has 2 heterocycles. The van der Waals surface area contributed by atoms with Gasteiger partial charge in [0.15, 0.2) is 6.04 Å². The first kappa shape index (κ1) is 24.2. The number of hydrogen-bond donors (Lipinski definition) is 1. The number of carbonyl (C=O) groups is 2. The van der Waals surface area contributed by atoms with Crippen molar-refractivity contribution < 1.29 is 14.0 Å². The third kappa shape index (κ3) is 4.82. The number of hydrogen-bond acceptors (Lipinski definition) is 5. The van der Waals surface area contributed by atoms with Gasteiger partial charge in [0.1, 0.15) is 17.8 Å². The van der Waals surface area contributed by atoms with Crippen LogP contribution in [-0.2, 0) is 16.1 Å². The summed E-state index contributed by atoms with van der Waals surface area (Å²) in [6.45, 7) is 5.81. The van der Waals surface area contributed by atoms with E-state index in [0.717, 1.165) is 22.7 Å². The fraction of sp³-hybridized carbons (Fsp3) is 0.241. The minimum atomic E-state index is -1.03. The van der Waals surface area contributed by atoms with Crippen molar-refractivity contribution in [2.24, 2.45) is 0 Å². The maximum absolute atomic E-state index is 14.2. The van der Waals surface area contributed by atoms with Gasteiger partial charge >= 0.3 is 0 Å². The van der Waals surface area contributed by atoms with Gasteiger partial charge in [-0.1, -0.05) is 60.7 Å². The van der Waals surface area contributed by atoms with Crippen LogP contribution in [0.3, 0.4) is 0 Å². The summed E-state index contributed by atoms with van der Waals surface area (Å²) in [5, 5.41) is 13.3. The van der Waals surface area contributed by atoms with Gasteiger partial charge in [-0.3, -0.25) is 14.5 Å². The number of nitrogens with one attached hydrogen (secondary N) is 1. The fourth-order valence-electron chi connectivity index (χ4n) is 4.39. The normalized spacial score (nSPS) is 12.5. The summed E-state index contributed by atoms with van der Waals surface area (Å²) < 4.78 is 7.30. The van der Waals surface area contributed by atoms with Crippen molar-refractivity contribution in [3.63, 3.8) is 0 Å². The average Bonchev–Trinajstić information content (AvgIpc) is 3.57. The Bertz CT molecular complexity index is 1550. The van der Waals surface area contributed by atoms with E-state index in [1.807, 2.05) is 87.5 Å². The van der Waals surface area contributed by atoms with Gasteiger partial charge in [0.05, 0.1) is 17.5 Å². The van der Waals surface area contributed by atoms with Gasteiger partial charge < -0.3 is 9.73 Å². The van der Waals surface area contributed by atoms with Crippen LogP contribution in [0.1, 0.15) is 39.0 Å². The van der Waals surface area contributed by atoms with Crippen molar-refractivity contribution in [3.05, 3.63) is 90.9 Å². The van der Waals surface area contributed by atoms with Gasteiger partial charge in [0.2, 0.25) is 5.91 Å². The van der Waals surface area contributed by atoms with E-state index >= 15 is 0 Å². The van der Waals surface area contributed by atoms with Crippen LogP contribution in [-0.4, -0.2) is 32.3 Å². The predicted molar refractivity (Wildman–Crippen MR) is 143 cm³/mol. The van der Waals surface area contributed by atoms with Crippen LogP contribution in [0.5, 0.6) is 0 Å². The molecule has 0 bridgehead atoms. The van der Waals surface area contributed by atoms with Crippen LogP contribution in [0, 0.1) is 0 Å². The molecule has 0 aliphatic heterocycles. The molecule has 2 aromatic heterocycles. The van der Waals surface area contributed by atoms with Crippen LogP contribution in [0.25, 0.3) is 21.8 Å². The molecule has 1 N–H and O–H groups in total. The zero-order valence-corrected chi connectivity index (χ0v) is 21.1. The lowest BCUT2D eigenvalue weighted by Crippen LogP contribution is -2.51. The smallest absolute Gasteiger partial charge is 0.251 e. The molecule has 2 amide bonds. The van der Waals surface area contributed by atoms with Crippen molar-refractivity contribution >= 4 is 39.3 Å². The number of nitrogens with zero attached hydrogens (tertiary/aromatic N) is 4. The van der Waals surface area contributed by atoms with E-state index in [1.54, 1.807) is 16.8 Å². The molecule has 37 heavy (non-hydrogen) atoms. The highest BCUT2D eigenvalue weighted by molar-refractivity contribution is 6.08. The minimum absolute atomic E-state index is 0.106. The highest BCUT2D eigenvalue weighted by atomic mass is 16.3. The lowest BCUT2D eigenvalue weighted by molar-refractivity contribution is -0.128. The maximum Gasteiger partial charge on any atom is 0.251 e. The third-order valence-corrected chi connectivity index (χ3v) is 6.66. The van der Waals surface area contributed by atoms with Gasteiger partial charge in [-0.2, -0.15) is 0 Å². The molecule has 0 spiro atoms. The van der Waals surface area contributed by atoms with Crippen LogP contribution in [0.15, 0.2) is 89.5 Å². The number of amides is 2. The summed E-state index contributed by atoms with van der Waals surface area (Å²) in [7, 11) is 0. The van der Waals surface area contributed by atoms with Crippen molar-refractivity contribution in [2.45, 2.75) is 45.3 Å². The summed E-state index contributed by atoms with van der Waals surface area (Å²) in [4.78, 5) is 29.6. The third-order valence-electron chi connectivity index (χ3n) is 6.66. The molecule has 0 saturated heterocycles. The number of furan rings is 1. The molecule has 0 aliphatic carbocycles. The van der Waals surface area contributed by atoms with E-state index in [0.29, 0.717) is 17.0 Å². The van der Waals surface area contributed by atoms with E-state index < -0.39 is 11.6 Å². The molecule has 0 aliphatic rings. The summed E-state index contributed by atoms with van der Waals surface area (Å²) in [6.07, 6.45) is 2.23. The van der Waals surface area contributed by atoms with Crippen LogP contribution < -0.4 is 10.2 Å². The molecule has 5 rings (SSSR count). The number of aromatic nitrogens is 3. The highest BCUT2D eigenvalue weighted by Gasteiger charge is 2.37. The van der Waals surface area contributed by atoms with Crippen molar-refractivity contribution in [2.75, 3.05) is 4.90 Å². The molecule has 0 saturated carbocycles. The molecule has 8 nitrogen and oxygen atoms in total. The zero-order chi connectivity index (χ0) is 26.0. The molecule has 8 heteroatoms. The Morgan fingerprint density at radius 2 is 1.76 bits per heavy atom. The topological polar surface area (TPSA) is 93.3 Å². The summed E-state index contributed by atoms with van der Waals surface area (Å²) in [5.41, 5.74) is 1.56. The monoisotopic (exact) mass is 495 g/mol. The number of para-hydroxylation sites is 1. The molecular weight excluding hydrogens is 466 g/mol. The molecule has 5 aromatic rings. The zero-order valence-electron chi connectivity index (χ0n) is 21.1. The quantitative estimate of drug-likeness (QED) is 0.317. The summed E-state index contributed by atoms with van der Waals surface area (Å²) >= 11 is 0. The van der Waals surface area contributed by atoms with Crippen LogP contribution in [0.2, 0.25) is 0 Å². The van der Waals surface area contributed by atoms with E-state index in [1.165, 1.54) is 11.2 Å². The van der Waals surface area contributed by atoms with Gasteiger partial charge in [-0.25, -0.2) is 4.68 Å². The second kappa shape index (κ2) is 9.89. The standard InChI is InChI=1S/C29H29N5O3/c1-4-29(2,3)30-28(36)27(25-17-10-18-37-25)34(23-16-9-12-20-11-5-6-13-21(20)23)26(35)19-33-24-15-8-7-14-22(24)31-32-33/h5-18,27H,4,19H2,1-3H3,(H,30,36)/t27-/m0/s1. The maximum atomic E-state index is 14.2. The molecule has 3 aromatic carbocycles. The second-order valence-corrected chi connectivity index (χ2v) is 9.64. The number of rotatable bonds is 8. The SMILES string of the molecule is CCC(C)(C)NC(=O)[C@H](c1ccco1)N(C(=O)Cn1nnc2ccccc21)c1cccc2ccccc12. The second-order valence-electron chi connectivity index (χ2n) is 9.64. The van der Waals surface area contributed by atoms with E-state index in [2.05, 4.69) is 15.6 Å². The van der Waals surface area contributed by atoms with Crippen LogP contribution in [0.4, 0.5) is 5.69 Å². The number of benzene rings is 3. The van der Waals surface area contributed by atoms with Crippen molar-refractivity contribution in [1.29, 1.82) is 0 Å². The van der Waals surface area contributed by atoms with Gasteiger partial charge in [0.25, 0.3) is 5.91 Å². The average molecular weight is 496 g/mol. The number of carbonyl (C=O) groups excluding carboxylic acids is 2. The Morgan fingerprint density at radius 3 is 2.54 bits per heavy atom. The highest BCUT2D eigenvalue weighted by Crippen LogP contribution is 2.34. The fourth-order valence-corrected chi connectivity index (χ4v) is 4.39. The Morgan fingerprint density at radius 1 is 1.00 bits per heavy atom. The Kier molecular flexibility index (Phi) is 6.48. The van der Waals surface area contributed by atoms with E-state index in [-0.39, 0.29) is 18.4 Å². The van der Waals surface area contributed by atoms with E-state index in [9.17, 15) is 9.59 Å². The first-order valence-electron chi connectivity index (χ1n) is 12.3. The van der Waals surface area contributed by atoms with E-state index in [4.69, 9.17) is 4.42 Å². The Labute approximate surface area is 214 Å². The van der Waals surface area contributed by atoms with Crippen LogP contribution >= 0.6 is 0 Å². The number of fused-ring (bicyclic) bond motifs is 2. The molecule has 0 fully saturated rings. The first-order chi connectivity index (χ1) is 17.9. The molecule has 0 radical (unpaired) electrons. The van der Waals surface area contributed by atoms with Gasteiger partial charge in [-0.15, -0.1) is 5.10 Å². The molecular formula is C29H29N5O3. The lowest BCUT2D eigenvalue weighted by Gasteiger charge is -2.34. The summed E-state index contributed by atoms with van der Waals surface area (Å²) in [6, 6.07) is 23.4. The Hall–Kier alpha value is -4.46. The van der Waals surface area contributed by atoms with Gasteiger partial charge in [-0.05, 0) is 56.0 Å². The molecule has 0 unspecified atom stereocenters. The Balaban J connectivity index is 1.65. The first-order valence-corrected chi connectivity index (χ1v) is 12.3. The van der Waals surface area contributed by atoms with Gasteiger partial charge in [0, 0.05) is 10.9 Å². The summed E-state index contributed by atoms with van der Waals surface area (Å²) in [5.74, 6) is -0.279. The predicted octanol–water partition coefficient (Wildman–Crippen LogP) is 5.26. The minimum Gasteiger partial charge on any atom is -0.467 e. The number of anilines is 1. The lowest BCUT2D eigenvalue weighted by atomic mass is 10.00. The molecule has 188 valence electrons. The van der Waals surface area contributed by atoms with Crippen molar-refractivity contribution in [1.82, 2.24) is 20.3 Å². The molecule has 1 atom stereocenters.